The Morgan fingerprint density at radius 1 is 0.844 bits per heavy atom. The molecule has 3 aromatic heterocycles. The van der Waals surface area contributed by atoms with Crippen molar-refractivity contribution in [2.45, 2.75) is 65.0 Å². The zero-order valence-corrected chi connectivity index (χ0v) is 38.2. The third-order valence-electron chi connectivity index (χ3n) is 10.9. The predicted octanol–water partition coefficient (Wildman–Crippen LogP) is -6.71. The lowest BCUT2D eigenvalue weighted by Gasteiger charge is -2.38. The van der Waals surface area contributed by atoms with Gasteiger partial charge in [0.05, 0.1) is 57.5 Å². The Morgan fingerprint density at radius 3 is 2.09 bits per heavy atom. The molecule has 64 heavy (non-hydrogen) atoms. The van der Waals surface area contributed by atoms with Crippen molar-refractivity contribution in [1.29, 1.82) is 0 Å². The lowest BCUT2D eigenvalue weighted by atomic mass is 9.97. The molecule has 2 aliphatic rings. The fourth-order valence-corrected chi connectivity index (χ4v) is 7.15. The summed E-state index contributed by atoms with van der Waals surface area (Å²) in [5.74, 6) is 4.11. The highest BCUT2D eigenvalue weighted by molar-refractivity contribution is 5.81. The van der Waals surface area contributed by atoms with Crippen molar-refractivity contribution < 1.29 is 46.9 Å². The number of unbranched alkanes of at least 4 members (excludes halogenated alkanes) is 1. The Kier molecular flexibility index (Phi) is 22.2. The van der Waals surface area contributed by atoms with Gasteiger partial charge in [-0.3, -0.25) is 26.0 Å². The number of guanidine groups is 1. The normalized spacial score (nSPS) is 15.0. The number of piperazine rings is 2. The monoisotopic (exact) mass is 916 g/mol. The molecule has 5 rings (SSSR count). The van der Waals surface area contributed by atoms with Crippen LogP contribution in [0.3, 0.4) is 0 Å². The molecule has 9 N–H and O–H groups in total. The Balaban J connectivity index is 0.00000898. The van der Waals surface area contributed by atoms with Crippen molar-refractivity contribution in [2.75, 3.05) is 127 Å². The van der Waals surface area contributed by atoms with Gasteiger partial charge < -0.3 is 57.3 Å². The molecule has 2 atom stereocenters. The smallest absolute Gasteiger partial charge is 0.338 e. The minimum absolute atomic E-state index is 0. The number of carbonyl (C=O) groups is 2. The molecule has 0 bridgehead atoms. The summed E-state index contributed by atoms with van der Waals surface area (Å²) in [6.07, 6.45) is 14.0. The molecule has 3 aromatic rings. The highest BCUT2D eigenvalue weighted by Gasteiger charge is 2.34. The van der Waals surface area contributed by atoms with Crippen molar-refractivity contribution in [3.63, 3.8) is 0 Å². The molecule has 0 aliphatic carbocycles. The van der Waals surface area contributed by atoms with E-state index in [1.807, 2.05) is 16.0 Å². The third kappa shape index (κ3) is 16.3. The van der Waals surface area contributed by atoms with Gasteiger partial charge in [0.1, 0.15) is 19.2 Å². The second kappa shape index (κ2) is 27.7. The highest BCUT2D eigenvalue weighted by atomic mass is 35.5. The number of aromatic nitrogens is 9. The van der Waals surface area contributed by atoms with E-state index in [2.05, 4.69) is 66.2 Å². The summed E-state index contributed by atoms with van der Waals surface area (Å²) in [5.41, 5.74) is 16.5. The molecular formula is C40H68ClN18O5+. The van der Waals surface area contributed by atoms with Gasteiger partial charge >= 0.3 is 5.96 Å². The van der Waals surface area contributed by atoms with Crippen LogP contribution in [0.1, 0.15) is 57.0 Å². The van der Waals surface area contributed by atoms with Crippen molar-refractivity contribution in [1.82, 2.24) is 54.7 Å². The minimum Gasteiger partial charge on any atom is -1.00 e. The van der Waals surface area contributed by atoms with E-state index in [-0.39, 0.29) is 49.3 Å². The second-order valence-corrected chi connectivity index (χ2v) is 15.6. The average Bonchev–Trinajstić information content (AvgIpc) is 3.96. The van der Waals surface area contributed by atoms with E-state index in [9.17, 15) is 9.59 Å². The Labute approximate surface area is 381 Å². The van der Waals surface area contributed by atoms with Gasteiger partial charge in [-0.1, -0.05) is 36.6 Å². The van der Waals surface area contributed by atoms with Crippen molar-refractivity contribution >= 4 is 35.6 Å². The molecule has 0 saturated carbocycles. The molecule has 2 fully saturated rings. The largest absolute Gasteiger partial charge is 1.00 e. The number of anilines is 3. The summed E-state index contributed by atoms with van der Waals surface area (Å²) in [6, 6.07) is -0.440. The van der Waals surface area contributed by atoms with Crippen LogP contribution in [0, 0.1) is 18.3 Å². The average molecular weight is 917 g/mol. The molecule has 2 aliphatic heterocycles. The van der Waals surface area contributed by atoms with Gasteiger partial charge in [-0.15, -0.1) is 16.6 Å². The Morgan fingerprint density at radius 2 is 1.45 bits per heavy atom. The minimum atomic E-state index is -0.440. The highest BCUT2D eigenvalue weighted by Crippen LogP contribution is 2.26. The maximum absolute atomic E-state index is 14.1. The first-order chi connectivity index (χ1) is 30.7. The Hall–Kier alpha value is -5.41. The topological polar surface area (TPSA) is 281 Å². The molecule has 0 spiro atoms. The summed E-state index contributed by atoms with van der Waals surface area (Å²) < 4.78 is 19.8. The number of nitrogens with zero attached hydrogens (tertiary/aromatic N) is 13. The molecule has 23 nitrogen and oxygen atoms in total. The van der Waals surface area contributed by atoms with Gasteiger partial charge in [0.15, 0.2) is 0 Å². The summed E-state index contributed by atoms with van der Waals surface area (Å²) in [5, 5.41) is 20.5. The molecule has 0 radical (unpaired) electrons. The molecule has 354 valence electrons. The lowest BCUT2D eigenvalue weighted by Crippen LogP contribution is -3.00. The van der Waals surface area contributed by atoms with Gasteiger partial charge in [-0.2, -0.15) is 15.0 Å². The SMILES string of the molecule is C#CCOCCOCCOCCNc1nc(N2CCN(C(=O)Cn3cc(CCC[NH+]=C(N)N)nn3)CC2)nc(N2CCN(C(=O)C(C(C)CC)n3cc(CCCC[NH3+])nn3)CC2)n1.[Cl-]. The molecule has 2 unspecified atom stereocenters. The van der Waals surface area contributed by atoms with E-state index in [1.165, 1.54) is 0 Å². The zero-order chi connectivity index (χ0) is 44.8. The van der Waals surface area contributed by atoms with Crippen LogP contribution in [0.4, 0.5) is 17.8 Å². The third-order valence-corrected chi connectivity index (χ3v) is 10.9. The number of aryl methyl sites for hydroxylation is 2. The van der Waals surface area contributed by atoms with Crippen molar-refractivity contribution in [2.24, 2.45) is 17.4 Å². The number of amides is 2. The summed E-state index contributed by atoms with van der Waals surface area (Å²) in [4.78, 5) is 52.8. The summed E-state index contributed by atoms with van der Waals surface area (Å²) in [6.45, 7) is 12.7. The molecule has 5 heterocycles. The van der Waals surface area contributed by atoms with Gasteiger partial charge in [0, 0.05) is 71.3 Å². The fraction of sp³-hybridized carbons (Fsp3) is 0.700. The van der Waals surface area contributed by atoms with Crippen LogP contribution in [0.2, 0.25) is 0 Å². The number of hydrogen-bond donors (Lipinski definition) is 5. The molecule has 24 heteroatoms. The van der Waals surface area contributed by atoms with Gasteiger partial charge in [0.25, 0.3) is 0 Å². The van der Waals surface area contributed by atoms with Crippen LogP contribution in [0.5, 0.6) is 0 Å². The zero-order valence-electron chi connectivity index (χ0n) is 37.5. The predicted molar refractivity (Wildman–Crippen MR) is 234 cm³/mol. The molecular weight excluding hydrogens is 848 g/mol. The quantitative estimate of drug-likeness (QED) is 0.0206. The van der Waals surface area contributed by atoms with E-state index < -0.39 is 6.04 Å². The van der Waals surface area contributed by atoms with Crippen LogP contribution < -0.4 is 49.7 Å². The first-order valence-corrected chi connectivity index (χ1v) is 22.1. The molecule has 2 saturated heterocycles. The molecule has 2 amide bonds. The number of ether oxygens (including phenoxy) is 3. The maximum Gasteiger partial charge on any atom is 0.338 e. The van der Waals surface area contributed by atoms with E-state index in [0.717, 1.165) is 50.0 Å². The number of carbonyl (C=O) groups excluding carboxylic acids is 2. The van der Waals surface area contributed by atoms with Crippen LogP contribution >= 0.6 is 0 Å². The summed E-state index contributed by atoms with van der Waals surface area (Å²) in [7, 11) is 0. The van der Waals surface area contributed by atoms with Crippen LogP contribution in [-0.2, 0) is 43.2 Å². The number of halogens is 1. The van der Waals surface area contributed by atoms with Crippen LogP contribution in [-0.4, -0.2) is 184 Å². The maximum atomic E-state index is 14.1. The second-order valence-electron chi connectivity index (χ2n) is 15.6. The standard InChI is InChI=1S/C40H66N18O5.ClH/c1-4-22-61-24-26-63-27-25-62-23-13-45-38-46-39(55-18-14-53(15-19-55)34(59)30-57-28-32(49-51-57)10-8-12-44-37(42)43)48-40(47-38)56-20-16-54(17-21-56)36(60)35(31(3)5-2)58-29-33(50-52-58)9-6-7-11-41;/h1,28-29,31,35H,5-27,30,41H2,2-3H3,(H4,42,43,44)(H,45,46,47,48);1H/p+1. The number of rotatable bonds is 27. The number of quaternary nitrogens is 1. The van der Waals surface area contributed by atoms with Gasteiger partial charge in [0.2, 0.25) is 29.7 Å². The number of nitrogens with one attached hydrogen (secondary N) is 2. The number of terminal acetylenes is 1. The lowest BCUT2D eigenvalue weighted by molar-refractivity contribution is -0.459. The fourth-order valence-electron chi connectivity index (χ4n) is 7.15. The first-order valence-electron chi connectivity index (χ1n) is 22.1. The number of hydrogen-bond acceptors (Lipinski definition) is 15. The molecule has 0 aromatic carbocycles. The Bertz CT molecular complexity index is 1910. The van der Waals surface area contributed by atoms with Crippen molar-refractivity contribution in [3.8, 4) is 12.3 Å². The van der Waals surface area contributed by atoms with E-state index in [4.69, 9.17) is 47.1 Å². The van der Waals surface area contributed by atoms with Crippen LogP contribution in [0.15, 0.2) is 12.4 Å². The first kappa shape index (κ1) is 51.2. The van der Waals surface area contributed by atoms with E-state index in [0.29, 0.717) is 123 Å². The van der Waals surface area contributed by atoms with E-state index >= 15 is 0 Å². The van der Waals surface area contributed by atoms with Crippen LogP contribution in [0.25, 0.3) is 0 Å². The van der Waals surface area contributed by atoms with Crippen molar-refractivity contribution in [3.05, 3.63) is 23.8 Å². The van der Waals surface area contributed by atoms with E-state index in [1.54, 1.807) is 15.6 Å². The summed E-state index contributed by atoms with van der Waals surface area (Å²) >= 11 is 0. The van der Waals surface area contributed by atoms with Gasteiger partial charge in [-0.05, 0) is 38.0 Å². The number of nitrogens with two attached hydrogens (primary N) is 2. The van der Waals surface area contributed by atoms with Gasteiger partial charge in [-0.25, -0.2) is 9.36 Å².